The Hall–Kier alpha value is -2.58. The molecule has 1 atom stereocenters. The average Bonchev–Trinajstić information content (AvgIpc) is 2.98. The van der Waals surface area contributed by atoms with Crippen molar-refractivity contribution < 1.29 is 14.1 Å². The number of oxazole rings is 1. The number of nitrogens with one attached hydrogen (secondary N) is 1. The van der Waals surface area contributed by atoms with Crippen LogP contribution < -0.4 is 5.32 Å². The molecule has 0 aliphatic carbocycles. The molecule has 0 saturated carbocycles. The zero-order valence-electron chi connectivity index (χ0n) is 12.9. The van der Waals surface area contributed by atoms with Gasteiger partial charge in [0.2, 0.25) is 5.91 Å². The van der Waals surface area contributed by atoms with Crippen LogP contribution in [-0.4, -0.2) is 21.1 Å². The number of aromatic nitrogens is 1. The number of carbonyl (C=O) groups excluding carboxylic acids is 1. The van der Waals surface area contributed by atoms with Crippen molar-refractivity contribution in [3.63, 3.8) is 0 Å². The standard InChI is InChI=1S/C16H12ClN3O4S/c1-9(25-16-19-13-4-2-3-5-14(13)24-16)15(21)18-12-7-6-10(20(22)23)8-11(12)17/h2-9H,1H3,(H,18,21). The lowest BCUT2D eigenvalue weighted by Crippen LogP contribution is -2.22. The fourth-order valence-corrected chi connectivity index (χ4v) is 3.04. The van der Waals surface area contributed by atoms with E-state index >= 15 is 0 Å². The summed E-state index contributed by atoms with van der Waals surface area (Å²) in [5.41, 5.74) is 1.53. The number of nitro benzene ring substituents is 1. The zero-order valence-corrected chi connectivity index (χ0v) is 14.5. The van der Waals surface area contributed by atoms with E-state index in [1.54, 1.807) is 13.0 Å². The predicted molar refractivity (Wildman–Crippen MR) is 96.1 cm³/mol. The molecule has 7 nitrogen and oxygen atoms in total. The third-order valence-electron chi connectivity index (χ3n) is 3.34. The minimum absolute atomic E-state index is 0.0987. The molecule has 2 aromatic carbocycles. The number of hydrogen-bond donors (Lipinski definition) is 1. The quantitative estimate of drug-likeness (QED) is 0.399. The van der Waals surface area contributed by atoms with E-state index in [0.717, 1.165) is 5.52 Å². The predicted octanol–water partition coefficient (Wildman–Crippen LogP) is 4.51. The number of fused-ring (bicyclic) bond motifs is 1. The smallest absolute Gasteiger partial charge is 0.271 e. The molecular formula is C16H12ClN3O4S. The summed E-state index contributed by atoms with van der Waals surface area (Å²) in [6, 6.07) is 11.2. The first-order chi connectivity index (χ1) is 11.9. The maximum absolute atomic E-state index is 12.3. The fourth-order valence-electron chi connectivity index (χ4n) is 2.06. The number of halogens is 1. The SMILES string of the molecule is CC(Sc1nc2ccccc2o1)C(=O)Nc1ccc([N+](=O)[O-])cc1Cl. The molecule has 0 aliphatic heterocycles. The van der Waals surface area contributed by atoms with Crippen LogP contribution in [0.25, 0.3) is 11.1 Å². The van der Waals surface area contributed by atoms with Crippen molar-refractivity contribution in [3.05, 3.63) is 57.6 Å². The molecule has 1 unspecified atom stereocenters. The first-order valence-corrected chi connectivity index (χ1v) is 8.47. The highest BCUT2D eigenvalue weighted by molar-refractivity contribution is 8.00. The lowest BCUT2D eigenvalue weighted by Gasteiger charge is -2.11. The zero-order chi connectivity index (χ0) is 18.0. The van der Waals surface area contributed by atoms with Crippen LogP contribution in [0.2, 0.25) is 5.02 Å². The van der Waals surface area contributed by atoms with E-state index in [-0.39, 0.29) is 16.6 Å². The molecule has 1 N–H and O–H groups in total. The van der Waals surface area contributed by atoms with Crippen LogP contribution in [0.3, 0.4) is 0 Å². The van der Waals surface area contributed by atoms with Crippen LogP contribution in [0.15, 0.2) is 52.1 Å². The fraction of sp³-hybridized carbons (Fsp3) is 0.125. The van der Waals surface area contributed by atoms with Gasteiger partial charge in [-0.25, -0.2) is 4.98 Å². The van der Waals surface area contributed by atoms with Crippen molar-refractivity contribution in [1.29, 1.82) is 0 Å². The Morgan fingerprint density at radius 3 is 2.80 bits per heavy atom. The van der Waals surface area contributed by atoms with E-state index in [0.29, 0.717) is 16.5 Å². The molecule has 0 saturated heterocycles. The van der Waals surface area contributed by atoms with E-state index in [4.69, 9.17) is 16.0 Å². The molecule has 0 spiro atoms. The lowest BCUT2D eigenvalue weighted by atomic mass is 10.2. The van der Waals surface area contributed by atoms with Crippen molar-refractivity contribution >= 4 is 51.7 Å². The summed E-state index contributed by atoms with van der Waals surface area (Å²) < 4.78 is 5.58. The van der Waals surface area contributed by atoms with E-state index in [9.17, 15) is 14.9 Å². The van der Waals surface area contributed by atoms with Crippen LogP contribution in [0, 0.1) is 10.1 Å². The molecule has 1 aromatic heterocycles. The molecule has 1 amide bonds. The van der Waals surface area contributed by atoms with Gasteiger partial charge in [0.15, 0.2) is 5.58 Å². The van der Waals surface area contributed by atoms with Crippen molar-refractivity contribution in [2.24, 2.45) is 0 Å². The summed E-state index contributed by atoms with van der Waals surface area (Å²) in [6.45, 7) is 1.70. The van der Waals surface area contributed by atoms with Gasteiger partial charge in [-0.15, -0.1) is 0 Å². The highest BCUT2D eigenvalue weighted by atomic mass is 35.5. The second-order valence-electron chi connectivity index (χ2n) is 5.12. The molecule has 0 aliphatic rings. The van der Waals surface area contributed by atoms with Crippen molar-refractivity contribution in [2.75, 3.05) is 5.32 Å². The Labute approximate surface area is 151 Å². The summed E-state index contributed by atoms with van der Waals surface area (Å²) in [7, 11) is 0. The van der Waals surface area contributed by atoms with Crippen molar-refractivity contribution in [2.45, 2.75) is 17.4 Å². The van der Waals surface area contributed by atoms with Crippen molar-refractivity contribution in [3.8, 4) is 0 Å². The number of nitrogens with zero attached hydrogens (tertiary/aromatic N) is 2. The second kappa shape index (κ2) is 7.12. The van der Waals surface area contributed by atoms with Crippen LogP contribution in [0.1, 0.15) is 6.92 Å². The maximum atomic E-state index is 12.3. The molecule has 1 heterocycles. The largest absolute Gasteiger partial charge is 0.431 e. The number of nitro groups is 1. The van der Waals surface area contributed by atoms with Crippen LogP contribution in [-0.2, 0) is 4.79 Å². The summed E-state index contributed by atoms with van der Waals surface area (Å²) >= 11 is 7.15. The topological polar surface area (TPSA) is 98.3 Å². The normalized spacial score (nSPS) is 12.1. The molecule has 0 radical (unpaired) electrons. The van der Waals surface area contributed by atoms with Crippen LogP contribution in [0.5, 0.6) is 0 Å². The van der Waals surface area contributed by atoms with Gasteiger partial charge < -0.3 is 9.73 Å². The molecule has 3 aromatic rings. The number of carbonyl (C=O) groups is 1. The van der Waals surface area contributed by atoms with Crippen LogP contribution in [0.4, 0.5) is 11.4 Å². The summed E-state index contributed by atoms with van der Waals surface area (Å²) in [5.74, 6) is -0.317. The summed E-state index contributed by atoms with van der Waals surface area (Å²) in [4.78, 5) is 26.8. The third kappa shape index (κ3) is 3.92. The Bertz CT molecular complexity index is 926. The molecule has 9 heteroatoms. The maximum Gasteiger partial charge on any atom is 0.271 e. The Kier molecular flexibility index (Phi) is 4.91. The monoisotopic (exact) mass is 377 g/mol. The average molecular weight is 378 g/mol. The van der Waals surface area contributed by atoms with Gasteiger partial charge >= 0.3 is 0 Å². The minimum Gasteiger partial charge on any atom is -0.431 e. The number of hydrogen-bond acceptors (Lipinski definition) is 6. The minimum atomic E-state index is -0.552. The Balaban J connectivity index is 1.69. The summed E-state index contributed by atoms with van der Waals surface area (Å²) in [6.07, 6.45) is 0. The van der Waals surface area contributed by atoms with E-state index in [1.165, 1.54) is 30.0 Å². The number of amides is 1. The number of para-hydroxylation sites is 2. The number of non-ortho nitro benzene ring substituents is 1. The van der Waals surface area contributed by atoms with Crippen LogP contribution >= 0.6 is 23.4 Å². The molecular weight excluding hydrogens is 366 g/mol. The Morgan fingerprint density at radius 1 is 1.36 bits per heavy atom. The molecule has 0 bridgehead atoms. The van der Waals surface area contributed by atoms with E-state index < -0.39 is 10.2 Å². The van der Waals surface area contributed by atoms with Gasteiger partial charge in [0.05, 0.1) is 20.9 Å². The van der Waals surface area contributed by atoms with Gasteiger partial charge in [0.25, 0.3) is 10.9 Å². The number of benzene rings is 2. The van der Waals surface area contributed by atoms with E-state index in [2.05, 4.69) is 10.3 Å². The van der Waals surface area contributed by atoms with Gasteiger partial charge in [0, 0.05) is 12.1 Å². The van der Waals surface area contributed by atoms with Crippen molar-refractivity contribution in [1.82, 2.24) is 4.98 Å². The molecule has 128 valence electrons. The lowest BCUT2D eigenvalue weighted by molar-refractivity contribution is -0.384. The second-order valence-corrected chi connectivity index (χ2v) is 6.82. The number of anilines is 1. The first kappa shape index (κ1) is 17.2. The molecule has 0 fully saturated rings. The molecule has 3 rings (SSSR count). The van der Waals surface area contributed by atoms with Gasteiger partial charge in [0.1, 0.15) is 5.52 Å². The highest BCUT2D eigenvalue weighted by Crippen LogP contribution is 2.30. The third-order valence-corrected chi connectivity index (χ3v) is 4.60. The van der Waals surface area contributed by atoms with E-state index in [1.807, 2.05) is 18.2 Å². The van der Waals surface area contributed by atoms with Gasteiger partial charge in [-0.05, 0) is 25.1 Å². The van der Waals surface area contributed by atoms with Gasteiger partial charge in [-0.3, -0.25) is 14.9 Å². The van der Waals surface area contributed by atoms with Gasteiger partial charge in [-0.2, -0.15) is 0 Å². The Morgan fingerprint density at radius 2 is 2.12 bits per heavy atom. The number of thioether (sulfide) groups is 1. The number of rotatable bonds is 5. The summed E-state index contributed by atoms with van der Waals surface area (Å²) in [5, 5.41) is 13.3. The first-order valence-electron chi connectivity index (χ1n) is 7.21. The molecule has 25 heavy (non-hydrogen) atoms. The van der Waals surface area contributed by atoms with Gasteiger partial charge in [-0.1, -0.05) is 35.5 Å². The highest BCUT2D eigenvalue weighted by Gasteiger charge is 2.19.